The molecule has 12 rings (SSSR count). The van der Waals surface area contributed by atoms with Crippen LogP contribution in [0.4, 0.5) is 0 Å². The Hall–Kier alpha value is -8.42. The smallest absolute Gasteiger partial charge is 0.472 e. The molecule has 0 bridgehead atoms. The fourth-order valence-corrected chi connectivity index (χ4v) is 9.47. The van der Waals surface area contributed by atoms with Crippen LogP contribution in [-0.4, -0.2) is 15.0 Å². The third-order valence-electron chi connectivity index (χ3n) is 13.0. The van der Waals surface area contributed by atoms with E-state index in [0.717, 1.165) is 68.6 Å². The maximum absolute atomic E-state index is 12.9. The fraction of sp³-hybridized carbons (Fsp3) is 0.0635. The molecule has 0 spiro atoms. The summed E-state index contributed by atoms with van der Waals surface area (Å²) in [5.74, 6) is 0. The van der Waals surface area contributed by atoms with Crippen LogP contribution >= 0.6 is 0 Å². The Morgan fingerprint density at radius 1 is 0.394 bits per heavy atom. The van der Waals surface area contributed by atoms with Crippen LogP contribution in [-0.2, 0) is 45.8 Å². The first-order chi connectivity index (χ1) is 34.5. The van der Waals surface area contributed by atoms with Gasteiger partial charge in [-0.15, -0.1) is 65.2 Å². The normalized spacial score (nSPS) is 11.3. The molecule has 0 saturated heterocycles. The summed E-state index contributed by atoms with van der Waals surface area (Å²) in [6.45, 7) is 0. The molecule has 0 atom stereocenters. The molecule has 5 aromatic heterocycles. The molecule has 0 aliphatic heterocycles. The SMILES string of the molecule is O=c1oc2cc(CCc3cc(CCc4c[c-]c5c(c4)oc(=O)c4cccnc45)cc(-c4ccccc4-c4c[c-]c(-c5cc(-c6ccc(-c7ccccc7)cc6)ccn5)cc4)c3)c[c-]c2c2ncccc12.[Ir+3]. The Bertz CT molecular complexity index is 3900. The summed E-state index contributed by atoms with van der Waals surface area (Å²) in [7, 11) is 0. The van der Waals surface area contributed by atoms with Gasteiger partial charge >= 0.3 is 31.4 Å². The van der Waals surface area contributed by atoms with Crippen molar-refractivity contribution in [3.05, 3.63) is 256 Å². The first kappa shape index (κ1) is 45.0. The van der Waals surface area contributed by atoms with Gasteiger partial charge in [-0.05, 0) is 81.2 Å². The maximum atomic E-state index is 12.9. The van der Waals surface area contributed by atoms with Crippen molar-refractivity contribution < 1.29 is 28.9 Å². The minimum Gasteiger partial charge on any atom is -0.472 e. The average Bonchev–Trinajstić information content (AvgIpc) is 3.42. The van der Waals surface area contributed by atoms with E-state index >= 15 is 0 Å². The van der Waals surface area contributed by atoms with Crippen molar-refractivity contribution >= 4 is 43.7 Å². The molecule has 0 fully saturated rings. The summed E-state index contributed by atoms with van der Waals surface area (Å²) in [4.78, 5) is 39.4. The number of hydrogen-bond donors (Lipinski definition) is 0. The molecule has 0 aliphatic carbocycles. The first-order valence-corrected chi connectivity index (χ1v) is 23.3. The molecule has 340 valence electrons. The molecular formula is C63H40IrN3O4. The molecular weight excluding hydrogens is 1050 g/mol. The monoisotopic (exact) mass is 1100 g/mol. The van der Waals surface area contributed by atoms with Crippen molar-refractivity contribution in [1.82, 2.24) is 15.0 Å². The quantitative estimate of drug-likeness (QED) is 0.0723. The van der Waals surface area contributed by atoms with Crippen molar-refractivity contribution in [1.29, 1.82) is 0 Å². The van der Waals surface area contributed by atoms with Crippen molar-refractivity contribution in [3.63, 3.8) is 0 Å². The molecule has 0 unspecified atom stereocenters. The Kier molecular flexibility index (Phi) is 12.4. The van der Waals surface area contributed by atoms with Gasteiger partial charge in [-0.1, -0.05) is 162 Å². The van der Waals surface area contributed by atoms with Crippen LogP contribution < -0.4 is 11.3 Å². The summed E-state index contributed by atoms with van der Waals surface area (Å²) in [5, 5.41) is 2.26. The van der Waals surface area contributed by atoms with Gasteiger partial charge in [-0.3, -0.25) is 0 Å². The van der Waals surface area contributed by atoms with Crippen LogP contribution in [0.2, 0.25) is 0 Å². The number of nitrogens with zero attached hydrogens (tertiary/aromatic N) is 3. The van der Waals surface area contributed by atoms with E-state index in [1.54, 1.807) is 36.7 Å². The molecule has 0 amide bonds. The maximum Gasteiger partial charge on any atom is 3.00 e. The molecule has 0 saturated carbocycles. The van der Waals surface area contributed by atoms with Crippen molar-refractivity contribution in [2.75, 3.05) is 0 Å². The van der Waals surface area contributed by atoms with E-state index in [0.29, 0.717) is 56.6 Å². The fourth-order valence-electron chi connectivity index (χ4n) is 9.47. The zero-order valence-corrected chi connectivity index (χ0v) is 40.5. The number of rotatable bonds is 11. The Morgan fingerprint density at radius 2 is 0.915 bits per heavy atom. The van der Waals surface area contributed by atoms with Crippen molar-refractivity contribution in [2.24, 2.45) is 0 Å². The molecule has 8 heteroatoms. The summed E-state index contributed by atoms with van der Waals surface area (Å²) < 4.78 is 11.5. The van der Waals surface area contributed by atoms with Crippen LogP contribution in [0.15, 0.2) is 213 Å². The molecule has 7 aromatic carbocycles. The van der Waals surface area contributed by atoms with Crippen LogP contribution in [0.5, 0.6) is 0 Å². The number of benzene rings is 7. The first-order valence-electron chi connectivity index (χ1n) is 23.3. The van der Waals surface area contributed by atoms with E-state index < -0.39 is 11.3 Å². The van der Waals surface area contributed by atoms with E-state index in [2.05, 4.69) is 143 Å². The third kappa shape index (κ3) is 9.15. The second kappa shape index (κ2) is 19.5. The van der Waals surface area contributed by atoms with Crippen LogP contribution in [0.3, 0.4) is 0 Å². The van der Waals surface area contributed by atoms with Gasteiger partial charge < -0.3 is 23.8 Å². The van der Waals surface area contributed by atoms with E-state index in [1.165, 1.54) is 22.3 Å². The summed E-state index contributed by atoms with van der Waals surface area (Å²) >= 11 is 0. The van der Waals surface area contributed by atoms with Gasteiger partial charge in [0.15, 0.2) is 0 Å². The van der Waals surface area contributed by atoms with Crippen molar-refractivity contribution in [2.45, 2.75) is 25.7 Å². The van der Waals surface area contributed by atoms with Crippen molar-refractivity contribution in [3.8, 4) is 55.8 Å². The molecule has 0 aliphatic rings. The van der Waals surface area contributed by atoms with E-state index in [1.807, 2.05) is 42.6 Å². The zero-order chi connectivity index (χ0) is 47.0. The van der Waals surface area contributed by atoms with Gasteiger partial charge in [0.1, 0.15) is 0 Å². The Morgan fingerprint density at radius 3 is 1.49 bits per heavy atom. The van der Waals surface area contributed by atoms with E-state index in [4.69, 9.17) is 13.8 Å². The molecule has 71 heavy (non-hydrogen) atoms. The van der Waals surface area contributed by atoms with Gasteiger partial charge in [0.25, 0.3) is 0 Å². The molecule has 7 nitrogen and oxygen atoms in total. The number of aryl methyl sites for hydroxylation is 4. The topological polar surface area (TPSA) is 99.1 Å². The minimum absolute atomic E-state index is 0. The van der Waals surface area contributed by atoms with Gasteiger partial charge in [-0.2, -0.15) is 0 Å². The number of fused-ring (bicyclic) bond motifs is 6. The van der Waals surface area contributed by atoms with Gasteiger partial charge in [0.05, 0.1) is 0 Å². The predicted molar refractivity (Wildman–Crippen MR) is 278 cm³/mol. The van der Waals surface area contributed by atoms with Crippen LogP contribution in [0.1, 0.15) is 22.3 Å². The second-order valence-corrected chi connectivity index (χ2v) is 17.5. The number of pyridine rings is 3. The van der Waals surface area contributed by atoms with Gasteiger partial charge in [-0.25, -0.2) is 9.59 Å². The summed E-state index contributed by atoms with van der Waals surface area (Å²) in [6, 6.07) is 69.9. The number of aromatic nitrogens is 3. The summed E-state index contributed by atoms with van der Waals surface area (Å²) in [6.07, 6.45) is 8.09. The van der Waals surface area contributed by atoms with Gasteiger partial charge in [0, 0.05) is 51.6 Å². The van der Waals surface area contributed by atoms with Gasteiger partial charge in [0.2, 0.25) is 0 Å². The Balaban J connectivity index is 0.00000547. The third-order valence-corrected chi connectivity index (χ3v) is 13.0. The Labute approximate surface area is 422 Å². The standard InChI is InChI=1S/C63H40N3O4.Ir/c67-62-55-12-6-31-65-60(55)53-28-18-40(37-58(53)69-62)14-16-42-34-43(17-15-41-19-29-54-59(38-41)70-63(68)56-13-7-32-66-61(54)56)36-50(35-42)52-11-5-4-10-51(52)47-24-26-48(27-25-47)57-39-49(30-33-64-57)46-22-20-45(21-23-46)44-8-2-1-3-9-44;/h1-13,18-26,30-39H,14-17H2;/q-3;+3. The second-order valence-electron chi connectivity index (χ2n) is 17.5. The molecule has 0 N–H and O–H groups in total. The molecule has 0 radical (unpaired) electrons. The summed E-state index contributed by atoms with van der Waals surface area (Å²) in [5.41, 5.74) is 16.4. The van der Waals surface area contributed by atoms with Crippen LogP contribution in [0.25, 0.3) is 99.5 Å². The van der Waals surface area contributed by atoms with E-state index in [-0.39, 0.29) is 20.1 Å². The minimum atomic E-state index is -0.410. The predicted octanol–water partition coefficient (Wildman–Crippen LogP) is 13.7. The van der Waals surface area contributed by atoms with Crippen LogP contribution in [0, 0.1) is 18.2 Å². The van der Waals surface area contributed by atoms with E-state index in [9.17, 15) is 9.59 Å². The largest absolute Gasteiger partial charge is 3.00 e. The molecule has 5 heterocycles. The molecule has 12 aromatic rings. The average molecular weight is 1100 g/mol. The zero-order valence-electron chi connectivity index (χ0n) is 38.1. The number of hydrogen-bond acceptors (Lipinski definition) is 7.